The van der Waals surface area contributed by atoms with Crippen molar-refractivity contribution in [1.82, 2.24) is 5.32 Å². The number of nitrogens with one attached hydrogen (secondary N) is 1. The molecule has 0 fully saturated rings. The molecule has 24 heavy (non-hydrogen) atoms. The molecule has 2 aromatic rings. The molecule has 0 bridgehead atoms. The Morgan fingerprint density at radius 1 is 1.29 bits per heavy atom. The lowest BCUT2D eigenvalue weighted by Gasteiger charge is -2.22. The summed E-state index contributed by atoms with van der Waals surface area (Å²) in [5.41, 5.74) is -0.00446. The highest BCUT2D eigenvalue weighted by Gasteiger charge is 2.29. The standard InChI is InChI=1S/C19H19FN2O2/c1-19(24,10-9-14-5-3-2-4-6-14)18(23)22-13-16-11-15(12-21)7-8-17(16)20/h2-8,11,24H,9-10,13H2,1H3,(H,22,23). The zero-order valence-electron chi connectivity index (χ0n) is 13.4. The molecule has 0 aromatic heterocycles. The summed E-state index contributed by atoms with van der Waals surface area (Å²) in [5.74, 6) is -1.07. The lowest BCUT2D eigenvalue weighted by molar-refractivity contribution is -0.138. The van der Waals surface area contributed by atoms with Gasteiger partial charge in [0.05, 0.1) is 11.6 Å². The highest BCUT2D eigenvalue weighted by Crippen LogP contribution is 2.15. The minimum Gasteiger partial charge on any atom is -0.380 e. The Bertz CT molecular complexity index is 752. The number of rotatable bonds is 6. The van der Waals surface area contributed by atoms with Crippen molar-refractivity contribution in [3.05, 3.63) is 71.0 Å². The second kappa shape index (κ2) is 7.71. The number of amides is 1. The Balaban J connectivity index is 1.94. The number of halogens is 1. The van der Waals surface area contributed by atoms with Gasteiger partial charge in [0.2, 0.25) is 0 Å². The Hall–Kier alpha value is -2.71. The second-order valence-corrected chi connectivity index (χ2v) is 5.86. The van der Waals surface area contributed by atoms with Crippen LogP contribution in [0.1, 0.15) is 30.0 Å². The van der Waals surface area contributed by atoms with Gasteiger partial charge in [-0.3, -0.25) is 4.79 Å². The zero-order chi connectivity index (χ0) is 17.6. The van der Waals surface area contributed by atoms with Gasteiger partial charge in [-0.25, -0.2) is 4.39 Å². The normalized spacial score (nSPS) is 12.9. The fourth-order valence-electron chi connectivity index (χ4n) is 2.29. The molecule has 0 spiro atoms. The number of hydrogen-bond donors (Lipinski definition) is 2. The smallest absolute Gasteiger partial charge is 0.251 e. The van der Waals surface area contributed by atoms with Crippen LogP contribution in [0.15, 0.2) is 48.5 Å². The molecule has 1 atom stereocenters. The van der Waals surface area contributed by atoms with Crippen LogP contribution in [-0.4, -0.2) is 16.6 Å². The Kier molecular flexibility index (Phi) is 5.67. The van der Waals surface area contributed by atoms with Gasteiger partial charge in [0, 0.05) is 12.1 Å². The average molecular weight is 326 g/mol. The number of carbonyl (C=O) groups is 1. The lowest BCUT2D eigenvalue weighted by atomic mass is 9.96. The van der Waals surface area contributed by atoms with E-state index in [4.69, 9.17) is 5.26 Å². The third-order valence-corrected chi connectivity index (χ3v) is 3.85. The molecule has 4 nitrogen and oxygen atoms in total. The fraction of sp³-hybridized carbons (Fsp3) is 0.263. The van der Waals surface area contributed by atoms with E-state index in [1.165, 1.54) is 25.1 Å². The van der Waals surface area contributed by atoms with Crippen LogP contribution in [0.25, 0.3) is 0 Å². The van der Waals surface area contributed by atoms with Gasteiger partial charge in [-0.05, 0) is 43.5 Å². The topological polar surface area (TPSA) is 73.1 Å². The first-order chi connectivity index (χ1) is 11.4. The molecule has 1 amide bonds. The van der Waals surface area contributed by atoms with Crippen molar-refractivity contribution >= 4 is 5.91 Å². The summed E-state index contributed by atoms with van der Waals surface area (Å²) < 4.78 is 13.7. The first-order valence-electron chi connectivity index (χ1n) is 7.65. The van der Waals surface area contributed by atoms with Gasteiger partial charge in [0.1, 0.15) is 11.4 Å². The first-order valence-corrected chi connectivity index (χ1v) is 7.65. The maximum Gasteiger partial charge on any atom is 0.251 e. The summed E-state index contributed by atoms with van der Waals surface area (Å²) >= 11 is 0. The quantitative estimate of drug-likeness (QED) is 0.857. The Morgan fingerprint density at radius 3 is 2.67 bits per heavy atom. The van der Waals surface area contributed by atoms with Crippen LogP contribution in [0.3, 0.4) is 0 Å². The fourth-order valence-corrected chi connectivity index (χ4v) is 2.29. The van der Waals surface area contributed by atoms with Crippen molar-refractivity contribution in [2.24, 2.45) is 0 Å². The number of nitrogens with zero attached hydrogens (tertiary/aromatic N) is 1. The Labute approximate surface area is 140 Å². The number of benzene rings is 2. The van der Waals surface area contributed by atoms with Crippen molar-refractivity contribution in [1.29, 1.82) is 5.26 Å². The molecule has 0 aliphatic carbocycles. The number of carbonyl (C=O) groups excluding carboxylic acids is 1. The predicted molar refractivity (Wildman–Crippen MR) is 88.3 cm³/mol. The maximum absolute atomic E-state index is 13.7. The third kappa shape index (κ3) is 4.64. The van der Waals surface area contributed by atoms with E-state index in [-0.39, 0.29) is 18.5 Å². The van der Waals surface area contributed by atoms with E-state index in [1.54, 1.807) is 0 Å². The first kappa shape index (κ1) is 17.6. The van der Waals surface area contributed by atoms with Crippen LogP contribution < -0.4 is 5.32 Å². The largest absolute Gasteiger partial charge is 0.380 e. The highest BCUT2D eigenvalue weighted by atomic mass is 19.1. The summed E-state index contributed by atoms with van der Waals surface area (Å²) in [5, 5.41) is 21.7. The van der Waals surface area contributed by atoms with Crippen molar-refractivity contribution in [3.8, 4) is 6.07 Å². The van der Waals surface area contributed by atoms with E-state index in [1.807, 2.05) is 36.4 Å². The summed E-state index contributed by atoms with van der Waals surface area (Å²) in [6.45, 7) is 1.36. The van der Waals surface area contributed by atoms with E-state index in [2.05, 4.69) is 5.32 Å². The summed E-state index contributed by atoms with van der Waals surface area (Å²) in [4.78, 5) is 12.2. The molecule has 2 aromatic carbocycles. The molecule has 2 N–H and O–H groups in total. The Morgan fingerprint density at radius 2 is 2.00 bits per heavy atom. The van der Waals surface area contributed by atoms with E-state index >= 15 is 0 Å². The minimum atomic E-state index is -1.56. The van der Waals surface area contributed by atoms with E-state index in [0.29, 0.717) is 12.0 Å². The van der Waals surface area contributed by atoms with Gasteiger partial charge in [0.15, 0.2) is 0 Å². The predicted octanol–water partition coefficient (Wildman–Crippen LogP) is 2.70. The number of nitriles is 1. The summed E-state index contributed by atoms with van der Waals surface area (Å²) in [6.07, 6.45) is 0.809. The molecule has 0 radical (unpaired) electrons. The summed E-state index contributed by atoms with van der Waals surface area (Å²) in [7, 11) is 0. The highest BCUT2D eigenvalue weighted by molar-refractivity contribution is 5.84. The summed E-state index contributed by atoms with van der Waals surface area (Å²) in [6, 6.07) is 15.4. The average Bonchev–Trinajstić information content (AvgIpc) is 2.60. The molecular formula is C19H19FN2O2. The van der Waals surface area contributed by atoms with Gasteiger partial charge in [-0.1, -0.05) is 30.3 Å². The molecule has 124 valence electrons. The van der Waals surface area contributed by atoms with Crippen LogP contribution in [0.4, 0.5) is 4.39 Å². The SMILES string of the molecule is CC(O)(CCc1ccccc1)C(=O)NCc1cc(C#N)ccc1F. The molecule has 0 saturated heterocycles. The number of hydrogen-bond acceptors (Lipinski definition) is 3. The van der Waals surface area contributed by atoms with Crippen LogP contribution in [-0.2, 0) is 17.8 Å². The molecule has 1 unspecified atom stereocenters. The van der Waals surface area contributed by atoms with Crippen LogP contribution in [0, 0.1) is 17.1 Å². The molecule has 0 aliphatic rings. The monoisotopic (exact) mass is 326 g/mol. The van der Waals surface area contributed by atoms with Gasteiger partial charge in [-0.15, -0.1) is 0 Å². The van der Waals surface area contributed by atoms with Crippen molar-refractivity contribution in [2.75, 3.05) is 0 Å². The van der Waals surface area contributed by atoms with Crippen molar-refractivity contribution < 1.29 is 14.3 Å². The van der Waals surface area contributed by atoms with E-state index in [0.717, 1.165) is 5.56 Å². The van der Waals surface area contributed by atoms with Crippen LogP contribution in [0.5, 0.6) is 0 Å². The van der Waals surface area contributed by atoms with Gasteiger partial charge in [0.25, 0.3) is 5.91 Å². The number of aryl methyl sites for hydroxylation is 1. The molecule has 0 saturated carbocycles. The van der Waals surface area contributed by atoms with Crippen molar-refractivity contribution in [3.63, 3.8) is 0 Å². The molecule has 2 rings (SSSR count). The van der Waals surface area contributed by atoms with E-state index < -0.39 is 17.3 Å². The van der Waals surface area contributed by atoms with Crippen molar-refractivity contribution in [2.45, 2.75) is 31.9 Å². The van der Waals surface area contributed by atoms with Gasteiger partial charge in [-0.2, -0.15) is 5.26 Å². The van der Waals surface area contributed by atoms with Crippen LogP contribution in [0.2, 0.25) is 0 Å². The molecule has 0 heterocycles. The van der Waals surface area contributed by atoms with Crippen LogP contribution >= 0.6 is 0 Å². The molecule has 5 heteroatoms. The van der Waals surface area contributed by atoms with Gasteiger partial charge >= 0.3 is 0 Å². The molecular weight excluding hydrogens is 307 g/mol. The maximum atomic E-state index is 13.7. The number of aliphatic hydroxyl groups is 1. The molecule has 0 aliphatic heterocycles. The minimum absolute atomic E-state index is 0.0817. The third-order valence-electron chi connectivity index (χ3n) is 3.85. The van der Waals surface area contributed by atoms with E-state index in [9.17, 15) is 14.3 Å². The second-order valence-electron chi connectivity index (χ2n) is 5.86. The van der Waals surface area contributed by atoms with Gasteiger partial charge < -0.3 is 10.4 Å². The lowest BCUT2D eigenvalue weighted by Crippen LogP contribution is -2.44. The zero-order valence-corrected chi connectivity index (χ0v) is 13.4.